The summed E-state index contributed by atoms with van der Waals surface area (Å²) in [6.45, 7) is 6.71. The molecule has 40 heavy (non-hydrogen) atoms. The van der Waals surface area contributed by atoms with Gasteiger partial charge in [0.2, 0.25) is 11.8 Å². The molecular formula is C29H32Cl3N3O4S. The Balaban J connectivity index is 2.05. The fraction of sp³-hybridized carbons (Fsp3) is 0.310. The molecule has 2 atom stereocenters. The molecule has 0 bridgehead atoms. The summed E-state index contributed by atoms with van der Waals surface area (Å²) in [5.74, 6) is -0.944. The molecule has 0 radical (unpaired) electrons. The summed E-state index contributed by atoms with van der Waals surface area (Å²) in [5, 5.41) is 3.74. The zero-order valence-corrected chi connectivity index (χ0v) is 25.8. The Morgan fingerprint density at radius 1 is 0.925 bits per heavy atom. The van der Waals surface area contributed by atoms with Crippen LogP contribution in [-0.2, 0) is 26.2 Å². The molecule has 3 aromatic rings. The number of sulfonamides is 1. The highest BCUT2D eigenvalue weighted by Gasteiger charge is 2.33. The maximum atomic E-state index is 13.9. The van der Waals surface area contributed by atoms with Crippen LogP contribution in [0.1, 0.15) is 38.3 Å². The molecule has 0 aliphatic heterocycles. The molecule has 11 heteroatoms. The van der Waals surface area contributed by atoms with Gasteiger partial charge in [0.1, 0.15) is 12.6 Å². The fourth-order valence-electron chi connectivity index (χ4n) is 3.89. The number of carbonyl (C=O) groups excluding carboxylic acids is 2. The standard InChI is InChI=1S/C29H32Cl3N3O4S/c1-5-20(3)33-29(37)21(4)34(17-22-7-6-8-23(30)15-22)28(36)18-35(24-11-14-26(31)27(32)16-24)40(38,39)25-12-9-19(2)10-13-25/h6-16,20-21H,5,17-18H2,1-4H3,(H,33,37). The number of hydrogen-bond donors (Lipinski definition) is 1. The van der Waals surface area contributed by atoms with Crippen molar-refractivity contribution in [2.75, 3.05) is 10.8 Å². The first-order valence-electron chi connectivity index (χ1n) is 12.7. The van der Waals surface area contributed by atoms with E-state index in [4.69, 9.17) is 34.8 Å². The van der Waals surface area contributed by atoms with Gasteiger partial charge in [0.25, 0.3) is 10.0 Å². The van der Waals surface area contributed by atoms with Crippen molar-refractivity contribution in [1.29, 1.82) is 0 Å². The van der Waals surface area contributed by atoms with Gasteiger partial charge >= 0.3 is 0 Å². The topological polar surface area (TPSA) is 86.8 Å². The lowest BCUT2D eigenvalue weighted by Gasteiger charge is -2.32. The van der Waals surface area contributed by atoms with E-state index < -0.39 is 28.5 Å². The van der Waals surface area contributed by atoms with Crippen LogP contribution < -0.4 is 9.62 Å². The summed E-state index contributed by atoms with van der Waals surface area (Å²) in [6, 6.07) is 16.6. The van der Waals surface area contributed by atoms with Crippen molar-refractivity contribution in [3.8, 4) is 0 Å². The van der Waals surface area contributed by atoms with Crippen LogP contribution in [-0.4, -0.2) is 43.8 Å². The second-order valence-corrected chi connectivity index (χ2v) is 12.7. The minimum Gasteiger partial charge on any atom is -0.352 e. The van der Waals surface area contributed by atoms with Crippen molar-refractivity contribution in [1.82, 2.24) is 10.2 Å². The lowest BCUT2D eigenvalue weighted by atomic mass is 10.1. The molecule has 0 aliphatic rings. The molecule has 2 unspecified atom stereocenters. The highest BCUT2D eigenvalue weighted by atomic mass is 35.5. The van der Waals surface area contributed by atoms with Crippen molar-refractivity contribution in [3.63, 3.8) is 0 Å². The summed E-state index contributed by atoms with van der Waals surface area (Å²) < 4.78 is 28.7. The molecule has 0 aliphatic carbocycles. The first-order valence-corrected chi connectivity index (χ1v) is 15.3. The zero-order chi connectivity index (χ0) is 29.6. The van der Waals surface area contributed by atoms with Gasteiger partial charge < -0.3 is 10.2 Å². The molecular weight excluding hydrogens is 593 g/mol. The third-order valence-corrected chi connectivity index (χ3v) is 9.25. The van der Waals surface area contributed by atoms with Crippen LogP contribution >= 0.6 is 34.8 Å². The Kier molecular flexibility index (Phi) is 10.9. The third-order valence-electron chi connectivity index (χ3n) is 6.49. The van der Waals surface area contributed by atoms with Gasteiger partial charge in [0.15, 0.2) is 0 Å². The number of benzene rings is 3. The van der Waals surface area contributed by atoms with Crippen molar-refractivity contribution in [2.24, 2.45) is 0 Å². The molecule has 1 N–H and O–H groups in total. The van der Waals surface area contributed by atoms with Crippen molar-refractivity contribution >= 4 is 62.3 Å². The largest absolute Gasteiger partial charge is 0.352 e. The highest BCUT2D eigenvalue weighted by molar-refractivity contribution is 7.92. The Bertz CT molecular complexity index is 1470. The van der Waals surface area contributed by atoms with Gasteiger partial charge in [-0.25, -0.2) is 8.42 Å². The molecule has 0 spiro atoms. The second-order valence-electron chi connectivity index (χ2n) is 9.57. The van der Waals surface area contributed by atoms with E-state index in [0.29, 0.717) is 17.0 Å². The van der Waals surface area contributed by atoms with Crippen LogP contribution in [0.15, 0.2) is 71.6 Å². The number of nitrogens with zero attached hydrogens (tertiary/aromatic N) is 2. The summed E-state index contributed by atoms with van der Waals surface area (Å²) in [4.78, 5) is 28.4. The smallest absolute Gasteiger partial charge is 0.264 e. The molecule has 3 rings (SSSR count). The summed E-state index contributed by atoms with van der Waals surface area (Å²) in [7, 11) is -4.22. The third kappa shape index (κ3) is 7.91. The van der Waals surface area contributed by atoms with Gasteiger partial charge in [-0.2, -0.15) is 0 Å². The predicted molar refractivity (Wildman–Crippen MR) is 162 cm³/mol. The van der Waals surface area contributed by atoms with Crippen molar-refractivity contribution in [3.05, 3.63) is 92.9 Å². The van der Waals surface area contributed by atoms with Crippen LogP contribution in [0.2, 0.25) is 15.1 Å². The molecule has 0 aromatic heterocycles. The maximum absolute atomic E-state index is 13.9. The number of carbonyl (C=O) groups is 2. The Morgan fingerprint density at radius 2 is 1.60 bits per heavy atom. The lowest BCUT2D eigenvalue weighted by Crippen LogP contribution is -2.52. The predicted octanol–water partition coefficient (Wildman–Crippen LogP) is 6.48. The van der Waals surface area contributed by atoms with E-state index in [1.54, 1.807) is 43.3 Å². The van der Waals surface area contributed by atoms with E-state index in [1.165, 1.54) is 35.2 Å². The number of halogens is 3. The highest BCUT2D eigenvalue weighted by Crippen LogP contribution is 2.31. The van der Waals surface area contributed by atoms with Crippen LogP contribution in [0.3, 0.4) is 0 Å². The molecule has 3 aromatic carbocycles. The molecule has 0 saturated carbocycles. The van der Waals surface area contributed by atoms with Crippen LogP contribution in [0.5, 0.6) is 0 Å². The van der Waals surface area contributed by atoms with Gasteiger partial charge in [-0.15, -0.1) is 0 Å². The zero-order valence-electron chi connectivity index (χ0n) is 22.7. The average molecular weight is 625 g/mol. The molecule has 2 amide bonds. The van der Waals surface area contributed by atoms with E-state index in [-0.39, 0.29) is 39.1 Å². The molecule has 0 heterocycles. The summed E-state index contributed by atoms with van der Waals surface area (Å²) in [5.41, 5.74) is 1.72. The van der Waals surface area contributed by atoms with Crippen LogP contribution in [0.25, 0.3) is 0 Å². The second kappa shape index (κ2) is 13.7. The van der Waals surface area contributed by atoms with Gasteiger partial charge in [-0.05, 0) is 75.2 Å². The SMILES string of the molecule is CCC(C)NC(=O)C(C)N(Cc1cccc(Cl)c1)C(=O)CN(c1ccc(Cl)c(Cl)c1)S(=O)(=O)c1ccc(C)cc1. The minimum atomic E-state index is -4.22. The number of nitrogens with one attached hydrogen (secondary N) is 1. The van der Waals surface area contributed by atoms with Crippen molar-refractivity contribution < 1.29 is 18.0 Å². The first kappa shape index (κ1) is 31.7. The van der Waals surface area contributed by atoms with Gasteiger partial charge in [-0.1, -0.05) is 71.6 Å². The number of amides is 2. The van der Waals surface area contributed by atoms with E-state index in [1.807, 2.05) is 20.8 Å². The van der Waals surface area contributed by atoms with Crippen LogP contribution in [0, 0.1) is 6.92 Å². The van der Waals surface area contributed by atoms with E-state index in [0.717, 1.165) is 9.87 Å². The maximum Gasteiger partial charge on any atom is 0.264 e. The number of rotatable bonds is 11. The van der Waals surface area contributed by atoms with E-state index in [9.17, 15) is 18.0 Å². The van der Waals surface area contributed by atoms with Gasteiger partial charge in [0.05, 0.1) is 20.6 Å². The van der Waals surface area contributed by atoms with Crippen molar-refractivity contribution in [2.45, 2.75) is 57.6 Å². The number of hydrogen-bond acceptors (Lipinski definition) is 4. The number of aryl methyl sites for hydroxylation is 1. The quantitative estimate of drug-likeness (QED) is 0.265. The molecule has 0 fully saturated rings. The Labute approximate surface area is 251 Å². The Hall–Kier alpha value is -2.78. The molecule has 0 saturated heterocycles. The van der Waals surface area contributed by atoms with Crippen LogP contribution in [0.4, 0.5) is 5.69 Å². The summed E-state index contributed by atoms with van der Waals surface area (Å²) in [6.07, 6.45) is 0.709. The minimum absolute atomic E-state index is 0.000857. The van der Waals surface area contributed by atoms with Gasteiger partial charge in [-0.3, -0.25) is 13.9 Å². The number of anilines is 1. The molecule has 7 nitrogen and oxygen atoms in total. The Morgan fingerprint density at radius 3 is 2.20 bits per heavy atom. The van der Waals surface area contributed by atoms with E-state index in [2.05, 4.69) is 5.32 Å². The van der Waals surface area contributed by atoms with E-state index >= 15 is 0 Å². The average Bonchev–Trinajstić information content (AvgIpc) is 2.91. The van der Waals surface area contributed by atoms with Gasteiger partial charge in [0, 0.05) is 17.6 Å². The summed E-state index contributed by atoms with van der Waals surface area (Å²) >= 11 is 18.5. The first-order chi connectivity index (χ1) is 18.8. The fourth-order valence-corrected chi connectivity index (χ4v) is 5.80. The molecule has 214 valence electrons. The normalized spacial score (nSPS) is 12.9. The monoisotopic (exact) mass is 623 g/mol. The lowest BCUT2D eigenvalue weighted by molar-refractivity contribution is -0.139.